The van der Waals surface area contributed by atoms with Crippen LogP contribution in [-0.2, 0) is 11.3 Å². The molecular formula is C13H15NO2S. The molecule has 3 nitrogen and oxygen atoms in total. The standard InChI is InChI=1S/C13H15NO2S/c15-7-2-1-3-10-6-8-17-12(10)9-14-13(16)11-4-5-11/h6,8,11,15H,2,4-5,7,9H2,(H,14,16). The van der Waals surface area contributed by atoms with E-state index in [4.69, 9.17) is 5.11 Å². The Bertz CT molecular complexity index is 451. The maximum Gasteiger partial charge on any atom is 0.223 e. The van der Waals surface area contributed by atoms with E-state index in [9.17, 15) is 4.79 Å². The highest BCUT2D eigenvalue weighted by Gasteiger charge is 2.29. The van der Waals surface area contributed by atoms with Crippen molar-refractivity contribution in [3.8, 4) is 11.8 Å². The average molecular weight is 249 g/mol. The molecule has 1 aliphatic carbocycles. The summed E-state index contributed by atoms with van der Waals surface area (Å²) in [7, 11) is 0. The minimum atomic E-state index is 0.0882. The third-order valence-corrected chi connectivity index (χ3v) is 3.50. The maximum absolute atomic E-state index is 11.5. The molecule has 1 amide bonds. The summed E-state index contributed by atoms with van der Waals surface area (Å²) in [5.41, 5.74) is 0.958. The van der Waals surface area contributed by atoms with Gasteiger partial charge in [0.2, 0.25) is 5.91 Å². The summed E-state index contributed by atoms with van der Waals surface area (Å²) >= 11 is 1.60. The molecule has 1 aromatic heterocycles. The summed E-state index contributed by atoms with van der Waals surface area (Å²) in [5, 5.41) is 13.6. The highest BCUT2D eigenvalue weighted by molar-refractivity contribution is 7.10. The van der Waals surface area contributed by atoms with Crippen LogP contribution in [0.4, 0.5) is 0 Å². The number of carbonyl (C=O) groups is 1. The fourth-order valence-electron chi connectivity index (χ4n) is 1.46. The van der Waals surface area contributed by atoms with Crippen LogP contribution in [0.5, 0.6) is 0 Å². The first-order valence-electron chi connectivity index (χ1n) is 5.75. The predicted molar refractivity (Wildman–Crippen MR) is 67.5 cm³/mol. The summed E-state index contributed by atoms with van der Waals surface area (Å²) in [6.07, 6.45) is 2.54. The molecule has 0 aromatic carbocycles. The smallest absolute Gasteiger partial charge is 0.223 e. The number of amides is 1. The number of aliphatic hydroxyl groups is 1. The third-order valence-electron chi connectivity index (χ3n) is 2.58. The van der Waals surface area contributed by atoms with Crippen LogP contribution in [0.3, 0.4) is 0 Å². The van der Waals surface area contributed by atoms with E-state index in [1.54, 1.807) is 11.3 Å². The number of rotatable bonds is 4. The second-order valence-corrected chi connectivity index (χ2v) is 5.03. The molecule has 0 unspecified atom stereocenters. The van der Waals surface area contributed by atoms with E-state index in [0.717, 1.165) is 23.3 Å². The molecule has 2 N–H and O–H groups in total. The van der Waals surface area contributed by atoms with E-state index in [-0.39, 0.29) is 18.4 Å². The highest BCUT2D eigenvalue weighted by Crippen LogP contribution is 2.29. The molecule has 0 atom stereocenters. The molecule has 4 heteroatoms. The summed E-state index contributed by atoms with van der Waals surface area (Å²) in [6.45, 7) is 0.654. The number of carbonyl (C=O) groups excluding carboxylic acids is 1. The average Bonchev–Trinajstić information content (AvgIpc) is 3.09. The molecular weight excluding hydrogens is 234 g/mol. The number of thiophene rings is 1. The van der Waals surface area contributed by atoms with Crippen molar-refractivity contribution in [2.24, 2.45) is 5.92 Å². The SMILES string of the molecule is O=C(NCc1sccc1C#CCCO)C1CC1. The third kappa shape index (κ3) is 3.58. The lowest BCUT2D eigenvalue weighted by Gasteiger charge is -2.02. The Kier molecular flexibility index (Phi) is 4.18. The van der Waals surface area contributed by atoms with Gasteiger partial charge < -0.3 is 10.4 Å². The Morgan fingerprint density at radius 3 is 3.12 bits per heavy atom. The van der Waals surface area contributed by atoms with Crippen molar-refractivity contribution >= 4 is 17.2 Å². The van der Waals surface area contributed by atoms with Gasteiger partial charge in [-0.15, -0.1) is 11.3 Å². The molecule has 2 rings (SSSR count). The summed E-state index contributed by atoms with van der Waals surface area (Å²) < 4.78 is 0. The van der Waals surface area contributed by atoms with Crippen LogP contribution in [0.25, 0.3) is 0 Å². The Morgan fingerprint density at radius 1 is 1.59 bits per heavy atom. The molecule has 0 bridgehead atoms. The molecule has 1 heterocycles. The molecule has 0 saturated heterocycles. The van der Waals surface area contributed by atoms with Gasteiger partial charge in [0.05, 0.1) is 13.2 Å². The van der Waals surface area contributed by atoms with Gasteiger partial charge in [0, 0.05) is 22.8 Å². The Labute approximate surface area is 105 Å². The van der Waals surface area contributed by atoms with Gasteiger partial charge in [-0.3, -0.25) is 4.79 Å². The molecule has 0 radical (unpaired) electrons. The Morgan fingerprint density at radius 2 is 2.41 bits per heavy atom. The largest absolute Gasteiger partial charge is 0.395 e. The number of hydrogen-bond acceptors (Lipinski definition) is 3. The zero-order chi connectivity index (χ0) is 12.1. The minimum absolute atomic E-state index is 0.0882. The van der Waals surface area contributed by atoms with Crippen molar-refractivity contribution in [3.05, 3.63) is 21.9 Å². The molecule has 1 saturated carbocycles. The molecule has 1 aliphatic rings. The van der Waals surface area contributed by atoms with Crippen LogP contribution in [0, 0.1) is 17.8 Å². The van der Waals surface area contributed by atoms with E-state index in [2.05, 4.69) is 17.2 Å². The van der Waals surface area contributed by atoms with Crippen LogP contribution >= 0.6 is 11.3 Å². The topological polar surface area (TPSA) is 49.3 Å². The maximum atomic E-state index is 11.5. The lowest BCUT2D eigenvalue weighted by molar-refractivity contribution is -0.122. The molecule has 90 valence electrons. The first kappa shape index (κ1) is 12.2. The van der Waals surface area contributed by atoms with E-state index >= 15 is 0 Å². The second-order valence-electron chi connectivity index (χ2n) is 4.02. The predicted octanol–water partition coefficient (Wildman–Crippen LogP) is 1.51. The Hall–Kier alpha value is -1.31. The fraction of sp³-hybridized carbons (Fsp3) is 0.462. The van der Waals surface area contributed by atoms with Gasteiger partial charge in [-0.25, -0.2) is 0 Å². The van der Waals surface area contributed by atoms with Crippen LogP contribution < -0.4 is 5.32 Å². The summed E-state index contributed by atoms with van der Waals surface area (Å²) in [4.78, 5) is 12.6. The molecule has 0 aliphatic heterocycles. The Balaban J connectivity index is 1.89. The van der Waals surface area contributed by atoms with Gasteiger partial charge in [-0.05, 0) is 24.3 Å². The van der Waals surface area contributed by atoms with Crippen molar-refractivity contribution in [1.29, 1.82) is 0 Å². The van der Waals surface area contributed by atoms with Crippen molar-refractivity contribution < 1.29 is 9.90 Å². The normalized spacial score (nSPS) is 13.9. The van der Waals surface area contributed by atoms with Crippen molar-refractivity contribution in [2.75, 3.05) is 6.61 Å². The molecule has 17 heavy (non-hydrogen) atoms. The molecule has 1 fully saturated rings. The zero-order valence-electron chi connectivity index (χ0n) is 9.53. The van der Waals surface area contributed by atoms with Crippen LogP contribution in [0.1, 0.15) is 29.7 Å². The van der Waals surface area contributed by atoms with Crippen LogP contribution in [0.2, 0.25) is 0 Å². The van der Waals surface area contributed by atoms with Gasteiger partial charge in [0.1, 0.15) is 0 Å². The van der Waals surface area contributed by atoms with Crippen molar-refractivity contribution in [3.63, 3.8) is 0 Å². The van der Waals surface area contributed by atoms with E-state index in [0.29, 0.717) is 13.0 Å². The number of aliphatic hydroxyl groups excluding tert-OH is 1. The number of nitrogens with one attached hydrogen (secondary N) is 1. The van der Waals surface area contributed by atoms with Crippen molar-refractivity contribution in [2.45, 2.75) is 25.8 Å². The number of hydrogen-bond donors (Lipinski definition) is 2. The monoisotopic (exact) mass is 249 g/mol. The van der Waals surface area contributed by atoms with E-state index in [1.165, 1.54) is 0 Å². The molecule has 1 aromatic rings. The van der Waals surface area contributed by atoms with Gasteiger partial charge >= 0.3 is 0 Å². The van der Waals surface area contributed by atoms with Gasteiger partial charge in [0.25, 0.3) is 0 Å². The lowest BCUT2D eigenvalue weighted by Crippen LogP contribution is -2.23. The fourth-order valence-corrected chi connectivity index (χ4v) is 2.23. The molecule has 0 spiro atoms. The highest BCUT2D eigenvalue weighted by atomic mass is 32.1. The van der Waals surface area contributed by atoms with Crippen molar-refractivity contribution in [1.82, 2.24) is 5.32 Å². The zero-order valence-corrected chi connectivity index (χ0v) is 10.3. The van der Waals surface area contributed by atoms with Gasteiger partial charge in [-0.2, -0.15) is 0 Å². The van der Waals surface area contributed by atoms with Crippen LogP contribution in [0.15, 0.2) is 11.4 Å². The summed E-state index contributed by atoms with van der Waals surface area (Å²) in [6, 6.07) is 1.95. The lowest BCUT2D eigenvalue weighted by atomic mass is 10.2. The van der Waals surface area contributed by atoms with Gasteiger partial charge in [0.15, 0.2) is 0 Å². The first-order valence-corrected chi connectivity index (χ1v) is 6.63. The first-order chi connectivity index (χ1) is 8.31. The summed E-state index contributed by atoms with van der Waals surface area (Å²) in [5.74, 6) is 6.32. The van der Waals surface area contributed by atoms with E-state index in [1.807, 2.05) is 11.4 Å². The quantitative estimate of drug-likeness (QED) is 0.795. The minimum Gasteiger partial charge on any atom is -0.395 e. The second kappa shape index (κ2) is 5.85. The van der Waals surface area contributed by atoms with Crippen LogP contribution in [-0.4, -0.2) is 17.6 Å². The van der Waals surface area contributed by atoms with Gasteiger partial charge in [-0.1, -0.05) is 11.8 Å². The van der Waals surface area contributed by atoms with E-state index < -0.39 is 0 Å².